The van der Waals surface area contributed by atoms with Crippen LogP contribution in [0.15, 0.2) is 6.20 Å². The van der Waals surface area contributed by atoms with Crippen LogP contribution in [-0.4, -0.2) is 45.2 Å². The topological polar surface area (TPSA) is 106 Å². The Morgan fingerprint density at radius 3 is 3.05 bits per heavy atom. The molecule has 0 radical (unpaired) electrons. The van der Waals surface area contributed by atoms with Crippen molar-refractivity contribution in [1.82, 2.24) is 20.3 Å². The number of aliphatic hydroxyl groups excluding tert-OH is 1. The van der Waals surface area contributed by atoms with E-state index in [4.69, 9.17) is 5.73 Å². The fraction of sp³-hybridized carbons (Fsp3) is 0.750. The maximum atomic E-state index is 12.1. The molecule has 2 atom stereocenters. The molecule has 1 aromatic rings. The Labute approximate surface area is 112 Å². The van der Waals surface area contributed by atoms with Crippen LogP contribution >= 0.6 is 0 Å². The van der Waals surface area contributed by atoms with Gasteiger partial charge in [-0.2, -0.15) is 0 Å². The Balaban J connectivity index is 1.95. The monoisotopic (exact) mass is 267 g/mol. The van der Waals surface area contributed by atoms with Crippen LogP contribution < -0.4 is 11.1 Å². The molecule has 1 aromatic heterocycles. The van der Waals surface area contributed by atoms with Gasteiger partial charge in [-0.25, -0.2) is 0 Å². The molecule has 1 amide bonds. The molecule has 1 saturated carbocycles. The minimum atomic E-state index is -0.228. The molecule has 0 aliphatic heterocycles. The highest BCUT2D eigenvalue weighted by Gasteiger charge is 2.26. The van der Waals surface area contributed by atoms with E-state index in [1.54, 1.807) is 10.9 Å². The smallest absolute Gasteiger partial charge is 0.273 e. The SMILES string of the molecule is NCCn1cc(C(=O)NC2CCCCC2CO)nn1. The molecule has 7 heteroatoms. The summed E-state index contributed by atoms with van der Waals surface area (Å²) < 4.78 is 1.55. The number of aliphatic hydroxyl groups is 1. The number of nitrogens with one attached hydrogen (secondary N) is 1. The molecular weight excluding hydrogens is 246 g/mol. The average molecular weight is 267 g/mol. The summed E-state index contributed by atoms with van der Waals surface area (Å²) in [6.45, 7) is 1.12. The predicted molar refractivity (Wildman–Crippen MR) is 69.4 cm³/mol. The highest BCUT2D eigenvalue weighted by molar-refractivity contribution is 5.92. The van der Waals surface area contributed by atoms with Gasteiger partial charge in [-0.3, -0.25) is 9.48 Å². The van der Waals surface area contributed by atoms with Gasteiger partial charge in [0.1, 0.15) is 0 Å². The number of hydrogen-bond acceptors (Lipinski definition) is 5. The van der Waals surface area contributed by atoms with Gasteiger partial charge >= 0.3 is 0 Å². The maximum Gasteiger partial charge on any atom is 0.273 e. The molecule has 1 aliphatic carbocycles. The number of aromatic nitrogens is 3. The maximum absolute atomic E-state index is 12.1. The third kappa shape index (κ3) is 3.51. The van der Waals surface area contributed by atoms with Gasteiger partial charge in [0.15, 0.2) is 5.69 Å². The number of nitrogens with zero attached hydrogens (tertiary/aromatic N) is 3. The summed E-state index contributed by atoms with van der Waals surface area (Å²) in [7, 11) is 0. The number of nitrogens with two attached hydrogens (primary N) is 1. The van der Waals surface area contributed by atoms with Gasteiger partial charge in [0.05, 0.1) is 12.7 Å². The van der Waals surface area contributed by atoms with Crippen LogP contribution in [0, 0.1) is 5.92 Å². The number of hydrogen-bond donors (Lipinski definition) is 3. The van der Waals surface area contributed by atoms with Crippen LogP contribution in [0.5, 0.6) is 0 Å². The highest BCUT2D eigenvalue weighted by atomic mass is 16.3. The van der Waals surface area contributed by atoms with Gasteiger partial charge in [0.2, 0.25) is 0 Å². The summed E-state index contributed by atoms with van der Waals surface area (Å²) in [6, 6.07) is 0.0332. The second-order valence-corrected chi connectivity index (χ2v) is 4.96. The Hall–Kier alpha value is -1.47. The van der Waals surface area contributed by atoms with E-state index in [-0.39, 0.29) is 24.5 Å². The standard InChI is InChI=1S/C12H21N5O2/c13-5-6-17-7-11(15-16-17)12(19)14-10-4-2-1-3-9(10)8-18/h7,9-10,18H,1-6,8,13H2,(H,14,19). The van der Waals surface area contributed by atoms with E-state index in [0.29, 0.717) is 18.8 Å². The Morgan fingerprint density at radius 2 is 2.32 bits per heavy atom. The van der Waals surface area contributed by atoms with E-state index in [1.807, 2.05) is 0 Å². The first kappa shape index (κ1) is 14.0. The molecule has 2 rings (SSSR count). The molecule has 0 aromatic carbocycles. The van der Waals surface area contributed by atoms with E-state index < -0.39 is 0 Å². The zero-order valence-corrected chi connectivity index (χ0v) is 11.0. The summed E-state index contributed by atoms with van der Waals surface area (Å²) >= 11 is 0. The van der Waals surface area contributed by atoms with Gasteiger partial charge in [-0.05, 0) is 12.8 Å². The fourth-order valence-electron chi connectivity index (χ4n) is 2.50. The Morgan fingerprint density at radius 1 is 1.53 bits per heavy atom. The second kappa shape index (κ2) is 6.63. The van der Waals surface area contributed by atoms with Crippen molar-refractivity contribution < 1.29 is 9.90 Å². The molecule has 7 nitrogen and oxygen atoms in total. The van der Waals surface area contributed by atoms with Crippen molar-refractivity contribution in [2.24, 2.45) is 11.7 Å². The number of amides is 1. The first-order valence-corrected chi connectivity index (χ1v) is 6.76. The van der Waals surface area contributed by atoms with Crippen LogP contribution in [-0.2, 0) is 6.54 Å². The molecule has 19 heavy (non-hydrogen) atoms. The van der Waals surface area contributed by atoms with Gasteiger partial charge < -0.3 is 16.2 Å². The van der Waals surface area contributed by atoms with Crippen LogP contribution in [0.3, 0.4) is 0 Å². The molecule has 0 saturated heterocycles. The molecule has 1 aliphatic rings. The second-order valence-electron chi connectivity index (χ2n) is 4.96. The van der Waals surface area contributed by atoms with Crippen molar-refractivity contribution in [3.63, 3.8) is 0 Å². The van der Waals surface area contributed by atoms with E-state index >= 15 is 0 Å². The van der Waals surface area contributed by atoms with E-state index in [1.165, 1.54) is 0 Å². The highest BCUT2D eigenvalue weighted by Crippen LogP contribution is 2.24. The molecule has 0 bridgehead atoms. The molecule has 1 heterocycles. The van der Waals surface area contributed by atoms with Crippen molar-refractivity contribution >= 4 is 5.91 Å². The lowest BCUT2D eigenvalue weighted by Crippen LogP contribution is -2.43. The fourth-order valence-corrected chi connectivity index (χ4v) is 2.50. The van der Waals surface area contributed by atoms with Gasteiger partial charge in [0, 0.05) is 25.1 Å². The Bertz CT molecular complexity index is 420. The normalized spacial score (nSPS) is 23.3. The minimum absolute atomic E-state index is 0.0332. The minimum Gasteiger partial charge on any atom is -0.396 e. The molecule has 4 N–H and O–H groups in total. The third-order valence-electron chi connectivity index (χ3n) is 3.59. The third-order valence-corrected chi connectivity index (χ3v) is 3.59. The number of carbonyl (C=O) groups is 1. The molecular formula is C12H21N5O2. The molecule has 1 fully saturated rings. The summed E-state index contributed by atoms with van der Waals surface area (Å²) in [5, 5.41) is 19.9. The number of carbonyl (C=O) groups excluding carboxylic acids is 1. The summed E-state index contributed by atoms with van der Waals surface area (Å²) in [5.41, 5.74) is 5.72. The first-order valence-electron chi connectivity index (χ1n) is 6.76. The quantitative estimate of drug-likeness (QED) is 0.668. The van der Waals surface area contributed by atoms with Crippen molar-refractivity contribution in [3.8, 4) is 0 Å². The van der Waals surface area contributed by atoms with Crippen LogP contribution in [0.2, 0.25) is 0 Å². The Kier molecular flexibility index (Phi) is 4.86. The lowest BCUT2D eigenvalue weighted by atomic mass is 9.85. The van der Waals surface area contributed by atoms with E-state index in [0.717, 1.165) is 25.7 Å². The van der Waals surface area contributed by atoms with Gasteiger partial charge in [0.25, 0.3) is 5.91 Å². The van der Waals surface area contributed by atoms with Gasteiger partial charge in [-0.1, -0.05) is 18.1 Å². The van der Waals surface area contributed by atoms with Crippen molar-refractivity contribution in [3.05, 3.63) is 11.9 Å². The van der Waals surface area contributed by atoms with Crippen LogP contribution in [0.25, 0.3) is 0 Å². The predicted octanol–water partition coefficient (Wildman–Crippen LogP) is -0.482. The first-order chi connectivity index (χ1) is 9.24. The molecule has 106 valence electrons. The van der Waals surface area contributed by atoms with E-state index in [2.05, 4.69) is 15.6 Å². The lowest BCUT2D eigenvalue weighted by molar-refractivity contribution is 0.0867. The largest absolute Gasteiger partial charge is 0.396 e. The zero-order valence-electron chi connectivity index (χ0n) is 11.0. The lowest BCUT2D eigenvalue weighted by Gasteiger charge is -2.30. The zero-order chi connectivity index (χ0) is 13.7. The van der Waals surface area contributed by atoms with Crippen molar-refractivity contribution in [2.45, 2.75) is 38.3 Å². The van der Waals surface area contributed by atoms with Crippen molar-refractivity contribution in [2.75, 3.05) is 13.2 Å². The molecule has 0 spiro atoms. The molecule has 2 unspecified atom stereocenters. The summed E-state index contributed by atoms with van der Waals surface area (Å²) in [4.78, 5) is 12.1. The average Bonchev–Trinajstić information content (AvgIpc) is 2.88. The summed E-state index contributed by atoms with van der Waals surface area (Å²) in [5.74, 6) is -0.0783. The summed E-state index contributed by atoms with van der Waals surface area (Å²) in [6.07, 6.45) is 5.67. The van der Waals surface area contributed by atoms with Crippen LogP contribution in [0.1, 0.15) is 36.2 Å². The van der Waals surface area contributed by atoms with E-state index in [9.17, 15) is 9.90 Å². The number of rotatable bonds is 5. The van der Waals surface area contributed by atoms with Crippen LogP contribution in [0.4, 0.5) is 0 Å². The van der Waals surface area contributed by atoms with Crippen molar-refractivity contribution in [1.29, 1.82) is 0 Å². The van der Waals surface area contributed by atoms with Gasteiger partial charge in [-0.15, -0.1) is 5.10 Å².